The zero-order chi connectivity index (χ0) is 14.8. The predicted molar refractivity (Wildman–Crippen MR) is 94.0 cm³/mol. The molecule has 0 aliphatic rings. The number of fused-ring (bicyclic) bond motifs is 1. The van der Waals surface area contributed by atoms with E-state index in [1.165, 1.54) is 20.3 Å². The minimum absolute atomic E-state index is 0.247. The van der Waals surface area contributed by atoms with Crippen molar-refractivity contribution in [1.82, 2.24) is 10.3 Å². The van der Waals surface area contributed by atoms with E-state index in [4.69, 9.17) is 4.98 Å². The molecule has 0 amide bonds. The molecule has 0 aliphatic heterocycles. The van der Waals surface area contributed by atoms with E-state index in [1.807, 2.05) is 13.1 Å². The fourth-order valence-corrected chi connectivity index (χ4v) is 3.85. The second-order valence-electron chi connectivity index (χ2n) is 5.15. The van der Waals surface area contributed by atoms with Crippen molar-refractivity contribution in [2.75, 3.05) is 7.05 Å². The number of hydrogen-bond acceptors (Lipinski definition) is 3. The average Bonchev–Trinajstić information content (AvgIpc) is 2.92. The molecule has 108 valence electrons. The summed E-state index contributed by atoms with van der Waals surface area (Å²) in [6, 6.07) is 15.1. The van der Waals surface area contributed by atoms with Gasteiger partial charge in [-0.3, -0.25) is 0 Å². The summed E-state index contributed by atoms with van der Waals surface area (Å²) in [5, 5.41) is 4.54. The number of aromatic nitrogens is 1. The Labute approximate surface area is 137 Å². The first kappa shape index (κ1) is 14.7. The van der Waals surface area contributed by atoms with Crippen LogP contribution < -0.4 is 5.32 Å². The van der Waals surface area contributed by atoms with Crippen molar-refractivity contribution < 1.29 is 0 Å². The number of rotatable bonds is 4. The lowest BCUT2D eigenvalue weighted by Gasteiger charge is -2.14. The van der Waals surface area contributed by atoms with E-state index >= 15 is 0 Å². The largest absolute Gasteiger partial charge is 0.311 e. The van der Waals surface area contributed by atoms with Crippen LogP contribution in [0.2, 0.25) is 0 Å². The standard InChI is InChI=1S/C17H17BrN2S/c1-11-7-8-12(9-13(11)18)10-15(19-2)17-20-14-5-3-4-6-16(14)21-17/h3-9,15,19H,10H2,1-2H3. The number of nitrogens with zero attached hydrogens (tertiary/aromatic N) is 1. The molecule has 1 heterocycles. The highest BCUT2D eigenvalue weighted by molar-refractivity contribution is 9.10. The molecule has 1 atom stereocenters. The Balaban J connectivity index is 1.88. The summed E-state index contributed by atoms with van der Waals surface area (Å²) < 4.78 is 2.41. The molecule has 2 nitrogen and oxygen atoms in total. The van der Waals surface area contributed by atoms with Crippen LogP contribution in [-0.4, -0.2) is 12.0 Å². The van der Waals surface area contributed by atoms with Crippen molar-refractivity contribution in [3.63, 3.8) is 0 Å². The third-order valence-corrected chi connectivity index (χ3v) is 5.64. The summed E-state index contributed by atoms with van der Waals surface area (Å²) in [6.07, 6.45) is 0.940. The Bertz CT molecular complexity index is 733. The molecule has 0 aliphatic carbocycles. The number of hydrogen-bond donors (Lipinski definition) is 1. The maximum atomic E-state index is 4.76. The van der Waals surface area contributed by atoms with Crippen molar-refractivity contribution in [1.29, 1.82) is 0 Å². The Hall–Kier alpha value is -1.23. The first-order chi connectivity index (χ1) is 10.2. The first-order valence-electron chi connectivity index (χ1n) is 6.95. The number of benzene rings is 2. The second-order valence-corrected chi connectivity index (χ2v) is 7.07. The van der Waals surface area contributed by atoms with Crippen molar-refractivity contribution in [3.8, 4) is 0 Å². The Morgan fingerprint density at radius 1 is 1.24 bits per heavy atom. The number of likely N-dealkylation sites (N-methyl/N-ethyl adjacent to an activating group) is 1. The van der Waals surface area contributed by atoms with Crippen LogP contribution in [0.5, 0.6) is 0 Å². The van der Waals surface area contributed by atoms with Gasteiger partial charge in [-0.15, -0.1) is 11.3 Å². The smallest absolute Gasteiger partial charge is 0.111 e. The zero-order valence-electron chi connectivity index (χ0n) is 12.1. The van der Waals surface area contributed by atoms with Crippen molar-refractivity contribution in [3.05, 3.63) is 63.1 Å². The number of nitrogens with one attached hydrogen (secondary N) is 1. The summed E-state index contributed by atoms with van der Waals surface area (Å²) in [6.45, 7) is 2.11. The van der Waals surface area contributed by atoms with Gasteiger partial charge >= 0.3 is 0 Å². The number of para-hydroxylation sites is 1. The van der Waals surface area contributed by atoms with Crippen LogP contribution in [0.3, 0.4) is 0 Å². The van der Waals surface area contributed by atoms with Crippen LogP contribution in [-0.2, 0) is 6.42 Å². The molecule has 2 aromatic carbocycles. The highest BCUT2D eigenvalue weighted by atomic mass is 79.9. The third-order valence-electron chi connectivity index (χ3n) is 3.63. The van der Waals surface area contributed by atoms with Gasteiger partial charge in [0.05, 0.1) is 16.3 Å². The van der Waals surface area contributed by atoms with Crippen molar-refractivity contribution in [2.24, 2.45) is 0 Å². The highest BCUT2D eigenvalue weighted by Crippen LogP contribution is 2.29. The summed E-state index contributed by atoms with van der Waals surface area (Å²) in [5.74, 6) is 0. The second kappa shape index (κ2) is 6.26. The van der Waals surface area contributed by atoms with Crippen LogP contribution in [0.4, 0.5) is 0 Å². The maximum Gasteiger partial charge on any atom is 0.111 e. The quantitative estimate of drug-likeness (QED) is 0.717. The third kappa shape index (κ3) is 3.18. The Morgan fingerprint density at radius 2 is 2.05 bits per heavy atom. The monoisotopic (exact) mass is 360 g/mol. The molecule has 0 radical (unpaired) electrons. The van der Waals surface area contributed by atoms with Gasteiger partial charge in [-0.25, -0.2) is 4.98 Å². The topological polar surface area (TPSA) is 24.9 Å². The molecule has 0 fully saturated rings. The summed E-state index contributed by atoms with van der Waals surface area (Å²) in [7, 11) is 2.00. The molecule has 0 saturated carbocycles. The number of thiazole rings is 1. The van der Waals surface area contributed by atoms with E-state index in [9.17, 15) is 0 Å². The molecular weight excluding hydrogens is 344 g/mol. The minimum atomic E-state index is 0.247. The molecule has 0 spiro atoms. The molecule has 3 aromatic rings. The lowest BCUT2D eigenvalue weighted by atomic mass is 10.0. The molecule has 3 rings (SSSR count). The molecule has 1 unspecified atom stereocenters. The van der Waals surface area contributed by atoms with Crippen LogP contribution >= 0.6 is 27.3 Å². The molecule has 1 aromatic heterocycles. The molecule has 0 saturated heterocycles. The van der Waals surface area contributed by atoms with Gasteiger partial charge in [-0.1, -0.05) is 40.2 Å². The van der Waals surface area contributed by atoms with E-state index in [0.717, 1.165) is 16.9 Å². The van der Waals surface area contributed by atoms with Gasteiger partial charge < -0.3 is 5.32 Å². The van der Waals surface area contributed by atoms with Crippen LogP contribution in [0.25, 0.3) is 10.2 Å². The van der Waals surface area contributed by atoms with Crippen LogP contribution in [0.15, 0.2) is 46.9 Å². The molecular formula is C17H17BrN2S. The molecule has 4 heteroatoms. The van der Waals surface area contributed by atoms with Crippen molar-refractivity contribution >= 4 is 37.5 Å². The van der Waals surface area contributed by atoms with E-state index in [1.54, 1.807) is 11.3 Å². The van der Waals surface area contributed by atoms with Gasteiger partial charge in [0.15, 0.2) is 0 Å². The fourth-order valence-electron chi connectivity index (χ4n) is 2.35. The summed E-state index contributed by atoms with van der Waals surface area (Å²) >= 11 is 5.38. The molecule has 1 N–H and O–H groups in total. The SMILES string of the molecule is CNC(Cc1ccc(C)c(Br)c1)c1nc2ccccc2s1. The lowest BCUT2D eigenvalue weighted by molar-refractivity contribution is 0.589. The van der Waals surface area contributed by atoms with Gasteiger partial charge in [-0.2, -0.15) is 0 Å². The van der Waals surface area contributed by atoms with E-state index in [2.05, 4.69) is 64.6 Å². The normalized spacial score (nSPS) is 12.7. The Kier molecular flexibility index (Phi) is 4.38. The van der Waals surface area contributed by atoms with Gasteiger partial charge in [0, 0.05) is 4.47 Å². The average molecular weight is 361 g/mol. The zero-order valence-corrected chi connectivity index (χ0v) is 14.5. The fraction of sp³-hybridized carbons (Fsp3) is 0.235. The highest BCUT2D eigenvalue weighted by Gasteiger charge is 2.15. The van der Waals surface area contributed by atoms with Gasteiger partial charge in [0.1, 0.15) is 5.01 Å². The molecule has 0 bridgehead atoms. The molecule has 21 heavy (non-hydrogen) atoms. The van der Waals surface area contributed by atoms with Gasteiger partial charge in [0.2, 0.25) is 0 Å². The summed E-state index contributed by atoms with van der Waals surface area (Å²) in [4.78, 5) is 4.76. The van der Waals surface area contributed by atoms with Crippen LogP contribution in [0, 0.1) is 6.92 Å². The first-order valence-corrected chi connectivity index (χ1v) is 8.56. The van der Waals surface area contributed by atoms with Crippen LogP contribution in [0.1, 0.15) is 22.2 Å². The van der Waals surface area contributed by atoms with Gasteiger partial charge in [0.25, 0.3) is 0 Å². The number of halogens is 1. The lowest BCUT2D eigenvalue weighted by Crippen LogP contribution is -2.18. The van der Waals surface area contributed by atoms with E-state index < -0.39 is 0 Å². The summed E-state index contributed by atoms with van der Waals surface area (Å²) in [5.41, 5.74) is 3.66. The number of aryl methyl sites for hydroxylation is 1. The maximum absolute atomic E-state index is 4.76. The van der Waals surface area contributed by atoms with Crippen molar-refractivity contribution in [2.45, 2.75) is 19.4 Å². The Morgan fingerprint density at radius 3 is 2.76 bits per heavy atom. The minimum Gasteiger partial charge on any atom is -0.311 e. The van der Waals surface area contributed by atoms with E-state index in [0.29, 0.717) is 0 Å². The van der Waals surface area contributed by atoms with Gasteiger partial charge in [-0.05, 0) is 49.7 Å². The van der Waals surface area contributed by atoms with E-state index in [-0.39, 0.29) is 6.04 Å². The predicted octanol–water partition coefficient (Wildman–Crippen LogP) is 4.87.